The Morgan fingerprint density at radius 1 is 1.37 bits per heavy atom. The Bertz CT molecular complexity index is 748. The zero-order valence-electron chi connectivity index (χ0n) is 15.9. The highest BCUT2D eigenvalue weighted by Gasteiger charge is 2.32. The van der Waals surface area contributed by atoms with Crippen LogP contribution in [-0.2, 0) is 19.6 Å². The maximum absolute atomic E-state index is 12.9. The number of carbonyl (C=O) groups is 1. The monoisotopic (exact) mass is 418 g/mol. The minimum atomic E-state index is -3.66. The predicted molar refractivity (Wildman–Crippen MR) is 104 cm³/mol. The molecule has 2 rings (SSSR count). The van der Waals surface area contributed by atoms with E-state index in [1.54, 1.807) is 13.2 Å². The van der Waals surface area contributed by atoms with Crippen LogP contribution in [0.15, 0.2) is 23.1 Å². The molecule has 1 N–H and O–H groups in total. The number of nitrogens with one attached hydrogen (secondary N) is 1. The number of methoxy groups -OCH3 is 1. The summed E-state index contributed by atoms with van der Waals surface area (Å²) in [6.07, 6.45) is 0.963. The molecular formula is C18H27ClN2O5S. The Morgan fingerprint density at radius 2 is 2.04 bits per heavy atom. The molecule has 1 unspecified atom stereocenters. The summed E-state index contributed by atoms with van der Waals surface area (Å²) in [5.74, 6) is 0.207. The molecule has 152 valence electrons. The first-order valence-corrected chi connectivity index (χ1v) is 10.8. The van der Waals surface area contributed by atoms with E-state index in [0.29, 0.717) is 44.9 Å². The molecule has 0 spiro atoms. The number of benzene rings is 1. The summed E-state index contributed by atoms with van der Waals surface area (Å²) in [5, 5.41) is 3.16. The van der Waals surface area contributed by atoms with Crippen molar-refractivity contribution in [1.82, 2.24) is 9.62 Å². The average Bonchev–Trinajstić information content (AvgIpc) is 2.63. The molecule has 1 heterocycles. The summed E-state index contributed by atoms with van der Waals surface area (Å²) in [4.78, 5) is 12.4. The number of nitrogens with zero attached hydrogens (tertiary/aromatic N) is 1. The second kappa shape index (κ2) is 9.73. The van der Waals surface area contributed by atoms with E-state index in [4.69, 9.17) is 21.1 Å². The van der Waals surface area contributed by atoms with Crippen molar-refractivity contribution in [2.45, 2.75) is 37.6 Å². The lowest BCUT2D eigenvalue weighted by Gasteiger charge is -2.31. The second-order valence-electron chi connectivity index (χ2n) is 6.57. The molecule has 1 saturated heterocycles. The van der Waals surface area contributed by atoms with E-state index in [0.717, 1.165) is 0 Å². The zero-order valence-corrected chi connectivity index (χ0v) is 17.5. The van der Waals surface area contributed by atoms with Gasteiger partial charge in [-0.2, -0.15) is 4.31 Å². The van der Waals surface area contributed by atoms with E-state index in [1.165, 1.54) is 16.4 Å². The highest BCUT2D eigenvalue weighted by molar-refractivity contribution is 7.89. The van der Waals surface area contributed by atoms with Gasteiger partial charge in [-0.1, -0.05) is 11.6 Å². The molecule has 1 amide bonds. The third-order valence-electron chi connectivity index (χ3n) is 4.47. The minimum absolute atomic E-state index is 0.0549. The Morgan fingerprint density at radius 3 is 2.59 bits per heavy atom. The van der Waals surface area contributed by atoms with Crippen LogP contribution in [0.25, 0.3) is 0 Å². The predicted octanol–water partition coefficient (Wildman–Crippen LogP) is 2.29. The van der Waals surface area contributed by atoms with Crippen LogP contribution in [-0.4, -0.2) is 58.1 Å². The first-order chi connectivity index (χ1) is 12.8. The SMILES string of the molecule is CCOc1ccc(S(=O)(=O)N2CCC(C(=O)NC(C)COC)CC2)cc1Cl. The van der Waals surface area contributed by atoms with Crippen LogP contribution in [0.1, 0.15) is 26.7 Å². The molecule has 1 aromatic rings. The maximum Gasteiger partial charge on any atom is 0.243 e. The number of carbonyl (C=O) groups excluding carboxylic acids is 1. The van der Waals surface area contributed by atoms with Crippen LogP contribution in [0.4, 0.5) is 0 Å². The van der Waals surface area contributed by atoms with Crippen molar-refractivity contribution in [3.8, 4) is 5.75 Å². The molecule has 1 fully saturated rings. The molecule has 0 saturated carbocycles. The number of amides is 1. The number of halogens is 1. The van der Waals surface area contributed by atoms with Crippen molar-refractivity contribution >= 4 is 27.5 Å². The van der Waals surface area contributed by atoms with Gasteiger partial charge in [0, 0.05) is 32.2 Å². The molecule has 1 aliphatic rings. The van der Waals surface area contributed by atoms with Crippen molar-refractivity contribution < 1.29 is 22.7 Å². The van der Waals surface area contributed by atoms with Crippen LogP contribution in [0.2, 0.25) is 5.02 Å². The first kappa shape index (κ1) is 21.9. The van der Waals surface area contributed by atoms with Crippen molar-refractivity contribution in [2.75, 3.05) is 33.4 Å². The van der Waals surface area contributed by atoms with E-state index >= 15 is 0 Å². The highest BCUT2D eigenvalue weighted by atomic mass is 35.5. The van der Waals surface area contributed by atoms with Crippen molar-refractivity contribution in [2.24, 2.45) is 5.92 Å². The first-order valence-electron chi connectivity index (χ1n) is 9.01. The van der Waals surface area contributed by atoms with Crippen LogP contribution >= 0.6 is 11.6 Å². The molecule has 0 aromatic heterocycles. The number of rotatable bonds is 8. The van der Waals surface area contributed by atoms with Gasteiger partial charge in [0.1, 0.15) is 5.75 Å². The lowest BCUT2D eigenvalue weighted by Crippen LogP contribution is -2.45. The molecule has 0 aliphatic carbocycles. The van der Waals surface area contributed by atoms with Gasteiger partial charge in [-0.25, -0.2) is 8.42 Å². The molecule has 1 aliphatic heterocycles. The standard InChI is InChI=1S/C18H27ClN2O5S/c1-4-26-17-6-5-15(11-16(17)19)27(23,24)21-9-7-14(8-10-21)18(22)20-13(2)12-25-3/h5-6,11,13-14H,4,7-10,12H2,1-3H3,(H,20,22). The van der Waals surface area contributed by atoms with Crippen LogP contribution in [0.3, 0.4) is 0 Å². The Labute approximate surface area is 166 Å². The fraction of sp³-hybridized carbons (Fsp3) is 0.611. The lowest BCUT2D eigenvalue weighted by atomic mass is 9.97. The van der Waals surface area contributed by atoms with Crippen molar-refractivity contribution in [1.29, 1.82) is 0 Å². The van der Waals surface area contributed by atoms with E-state index < -0.39 is 10.0 Å². The van der Waals surface area contributed by atoms with Crippen LogP contribution < -0.4 is 10.1 Å². The lowest BCUT2D eigenvalue weighted by molar-refractivity contribution is -0.127. The number of hydrogen-bond donors (Lipinski definition) is 1. The summed E-state index contributed by atoms with van der Waals surface area (Å²) in [6.45, 7) is 5.18. The van der Waals surface area contributed by atoms with Gasteiger partial charge < -0.3 is 14.8 Å². The van der Waals surface area contributed by atoms with E-state index in [1.807, 2.05) is 13.8 Å². The molecule has 0 bridgehead atoms. The number of ether oxygens (including phenoxy) is 2. The van der Waals surface area contributed by atoms with Gasteiger partial charge >= 0.3 is 0 Å². The fourth-order valence-electron chi connectivity index (χ4n) is 3.07. The number of piperidine rings is 1. The third-order valence-corrected chi connectivity index (χ3v) is 6.66. The van der Waals surface area contributed by atoms with Gasteiger partial charge in [0.25, 0.3) is 0 Å². The number of hydrogen-bond acceptors (Lipinski definition) is 5. The van der Waals surface area contributed by atoms with Crippen LogP contribution in [0, 0.1) is 5.92 Å². The van der Waals surface area contributed by atoms with E-state index in [-0.39, 0.29) is 27.8 Å². The average molecular weight is 419 g/mol. The van der Waals surface area contributed by atoms with Gasteiger partial charge in [0.05, 0.1) is 23.1 Å². The Hall–Kier alpha value is -1.35. The summed E-state index contributed by atoms with van der Waals surface area (Å²) >= 11 is 6.12. The summed E-state index contributed by atoms with van der Waals surface area (Å²) in [6, 6.07) is 4.40. The molecule has 1 aromatic carbocycles. The van der Waals surface area contributed by atoms with Gasteiger partial charge in [0.2, 0.25) is 15.9 Å². The molecule has 1 atom stereocenters. The molecule has 27 heavy (non-hydrogen) atoms. The van der Waals surface area contributed by atoms with E-state index in [2.05, 4.69) is 5.32 Å². The molecule has 7 nitrogen and oxygen atoms in total. The quantitative estimate of drug-likeness (QED) is 0.700. The van der Waals surface area contributed by atoms with Crippen molar-refractivity contribution in [3.63, 3.8) is 0 Å². The topological polar surface area (TPSA) is 84.9 Å². The largest absolute Gasteiger partial charge is 0.492 e. The molecule has 9 heteroatoms. The summed E-state index contributed by atoms with van der Waals surface area (Å²) in [5.41, 5.74) is 0. The van der Waals surface area contributed by atoms with Gasteiger partial charge in [-0.05, 0) is 44.9 Å². The third kappa shape index (κ3) is 5.57. The zero-order chi connectivity index (χ0) is 20.0. The number of sulfonamides is 1. The van der Waals surface area contributed by atoms with Gasteiger partial charge in [-0.15, -0.1) is 0 Å². The highest BCUT2D eigenvalue weighted by Crippen LogP contribution is 2.30. The van der Waals surface area contributed by atoms with E-state index in [9.17, 15) is 13.2 Å². The summed E-state index contributed by atoms with van der Waals surface area (Å²) < 4.78 is 37.5. The minimum Gasteiger partial charge on any atom is -0.492 e. The molecule has 0 radical (unpaired) electrons. The maximum atomic E-state index is 12.9. The van der Waals surface area contributed by atoms with Gasteiger partial charge in [-0.3, -0.25) is 4.79 Å². The smallest absolute Gasteiger partial charge is 0.243 e. The van der Waals surface area contributed by atoms with Crippen molar-refractivity contribution in [3.05, 3.63) is 23.2 Å². The normalized spacial score (nSPS) is 17.5. The Kier molecular flexibility index (Phi) is 7.91. The Balaban J connectivity index is 2.00. The fourth-order valence-corrected chi connectivity index (χ4v) is 4.87. The second-order valence-corrected chi connectivity index (χ2v) is 8.91. The van der Waals surface area contributed by atoms with Crippen LogP contribution in [0.5, 0.6) is 5.75 Å². The molecular weight excluding hydrogens is 392 g/mol. The van der Waals surface area contributed by atoms with Gasteiger partial charge in [0.15, 0.2) is 0 Å². The summed E-state index contributed by atoms with van der Waals surface area (Å²) in [7, 11) is -2.07.